The van der Waals surface area contributed by atoms with Crippen molar-refractivity contribution in [2.75, 3.05) is 13.6 Å². The molecule has 0 aromatic rings. The van der Waals surface area contributed by atoms with Crippen LogP contribution in [0, 0.1) is 0 Å². The van der Waals surface area contributed by atoms with E-state index in [0.29, 0.717) is 0 Å². The van der Waals surface area contributed by atoms with Crippen molar-refractivity contribution in [3.63, 3.8) is 0 Å². The summed E-state index contributed by atoms with van der Waals surface area (Å²) >= 11 is 0. The number of rotatable bonds is 1. The van der Waals surface area contributed by atoms with Crippen molar-refractivity contribution < 1.29 is 8.78 Å². The molecule has 0 aliphatic carbocycles. The van der Waals surface area contributed by atoms with Gasteiger partial charge in [0.1, 0.15) is 0 Å². The first-order chi connectivity index (χ1) is 4.70. The Morgan fingerprint density at radius 3 is 2.70 bits per heavy atom. The van der Waals surface area contributed by atoms with Crippen LogP contribution in [0.15, 0.2) is 23.9 Å². The van der Waals surface area contributed by atoms with Crippen LogP contribution < -0.4 is 0 Å². The zero-order valence-electron chi connectivity index (χ0n) is 5.72. The fourth-order valence-corrected chi connectivity index (χ4v) is 0.834. The van der Waals surface area contributed by atoms with Gasteiger partial charge in [0.05, 0.1) is 0 Å². The summed E-state index contributed by atoms with van der Waals surface area (Å²) in [5, 5.41) is 0. The van der Waals surface area contributed by atoms with E-state index in [1.807, 2.05) is 0 Å². The Hall–Kier alpha value is -0.860. The van der Waals surface area contributed by atoms with Gasteiger partial charge in [0.15, 0.2) is 0 Å². The fourth-order valence-electron chi connectivity index (χ4n) is 0.834. The van der Waals surface area contributed by atoms with Crippen LogP contribution in [-0.2, 0) is 0 Å². The molecule has 1 aliphatic heterocycles. The normalized spacial score (nSPS) is 18.0. The first-order valence-corrected chi connectivity index (χ1v) is 3.07. The van der Waals surface area contributed by atoms with Gasteiger partial charge >= 0.3 is 0 Å². The second-order valence-corrected chi connectivity index (χ2v) is 2.27. The Kier molecular flexibility index (Phi) is 2.04. The van der Waals surface area contributed by atoms with Crippen molar-refractivity contribution in [1.82, 2.24) is 4.90 Å². The molecular weight excluding hydrogens is 136 g/mol. The average molecular weight is 145 g/mol. The third-order valence-corrected chi connectivity index (χ3v) is 1.33. The molecule has 0 aromatic carbocycles. The lowest BCUT2D eigenvalue weighted by atomic mass is 10.2. The number of allylic oxidation sites excluding steroid dienone is 2. The van der Waals surface area contributed by atoms with Crippen molar-refractivity contribution in [2.24, 2.45) is 0 Å². The molecule has 0 N–H and O–H groups in total. The lowest BCUT2D eigenvalue weighted by Gasteiger charge is -2.16. The average Bonchev–Trinajstić information content (AvgIpc) is 1.88. The maximum absolute atomic E-state index is 11.9. The second kappa shape index (κ2) is 2.82. The predicted molar refractivity (Wildman–Crippen MR) is 35.9 cm³/mol. The summed E-state index contributed by atoms with van der Waals surface area (Å²) in [6, 6.07) is 0. The third kappa shape index (κ3) is 1.56. The molecule has 56 valence electrons. The van der Waals surface area contributed by atoms with Gasteiger partial charge in [-0.05, 0) is 0 Å². The molecule has 1 nitrogen and oxygen atoms in total. The molecular formula is C7H9F2N. The predicted octanol–water partition coefficient (Wildman–Crippen LogP) is 1.64. The fraction of sp³-hybridized carbons (Fsp3) is 0.429. The zero-order valence-corrected chi connectivity index (χ0v) is 5.72. The quantitative estimate of drug-likeness (QED) is 0.542. The van der Waals surface area contributed by atoms with Crippen LogP contribution in [0.3, 0.4) is 0 Å². The smallest absolute Gasteiger partial charge is 0.265 e. The van der Waals surface area contributed by atoms with Gasteiger partial charge in [-0.1, -0.05) is 12.2 Å². The van der Waals surface area contributed by atoms with Crippen LogP contribution in [0.1, 0.15) is 0 Å². The molecule has 0 spiro atoms. The number of hydrogen-bond acceptors (Lipinski definition) is 1. The summed E-state index contributed by atoms with van der Waals surface area (Å²) in [5.74, 6) is 0. The summed E-state index contributed by atoms with van der Waals surface area (Å²) in [7, 11) is 1.77. The van der Waals surface area contributed by atoms with Crippen LogP contribution >= 0.6 is 0 Å². The van der Waals surface area contributed by atoms with E-state index < -0.39 is 6.43 Å². The zero-order chi connectivity index (χ0) is 7.56. The molecule has 1 rings (SSSR count). The molecule has 3 heteroatoms. The SMILES string of the molecule is CN1C=C(C(F)F)C=CC1. The van der Waals surface area contributed by atoms with E-state index >= 15 is 0 Å². The van der Waals surface area contributed by atoms with Gasteiger partial charge in [0.25, 0.3) is 6.43 Å². The lowest BCUT2D eigenvalue weighted by molar-refractivity contribution is 0.190. The highest BCUT2D eigenvalue weighted by Gasteiger charge is 2.10. The minimum Gasteiger partial charge on any atom is -0.376 e. The van der Waals surface area contributed by atoms with Gasteiger partial charge in [-0.3, -0.25) is 0 Å². The number of likely N-dealkylation sites (N-methyl/N-ethyl adjacent to an activating group) is 1. The van der Waals surface area contributed by atoms with Crippen LogP contribution in [0.5, 0.6) is 0 Å². The first kappa shape index (κ1) is 7.25. The molecule has 0 bridgehead atoms. The van der Waals surface area contributed by atoms with Crippen molar-refractivity contribution in [2.45, 2.75) is 6.43 Å². The Labute approximate surface area is 58.6 Å². The maximum atomic E-state index is 11.9. The molecule has 0 atom stereocenters. The minimum absolute atomic E-state index is 0.0914. The highest BCUT2D eigenvalue weighted by atomic mass is 19.3. The summed E-state index contributed by atoms with van der Waals surface area (Å²) < 4.78 is 23.9. The molecule has 1 aliphatic rings. The highest BCUT2D eigenvalue weighted by Crippen LogP contribution is 2.13. The first-order valence-electron chi connectivity index (χ1n) is 3.07. The van der Waals surface area contributed by atoms with Crippen molar-refractivity contribution in [3.05, 3.63) is 23.9 Å². The van der Waals surface area contributed by atoms with Crippen LogP contribution in [0.4, 0.5) is 8.78 Å². The molecule has 0 unspecified atom stereocenters. The van der Waals surface area contributed by atoms with Crippen LogP contribution in [0.2, 0.25) is 0 Å². The standard InChI is InChI=1S/C7H9F2N/c1-10-4-2-3-6(5-10)7(8)9/h2-3,5,7H,4H2,1H3. The molecule has 0 radical (unpaired) electrons. The van der Waals surface area contributed by atoms with Crippen molar-refractivity contribution >= 4 is 0 Å². The second-order valence-electron chi connectivity index (χ2n) is 2.27. The largest absolute Gasteiger partial charge is 0.376 e. The molecule has 0 fully saturated rings. The lowest BCUT2D eigenvalue weighted by Crippen LogP contribution is -2.16. The van der Waals surface area contributed by atoms with E-state index in [9.17, 15) is 8.78 Å². The Morgan fingerprint density at radius 2 is 2.30 bits per heavy atom. The Morgan fingerprint density at radius 1 is 1.60 bits per heavy atom. The number of nitrogens with zero attached hydrogens (tertiary/aromatic N) is 1. The van der Waals surface area contributed by atoms with Crippen molar-refractivity contribution in [1.29, 1.82) is 0 Å². The summed E-state index contributed by atoms with van der Waals surface area (Å²) in [4.78, 5) is 1.72. The monoisotopic (exact) mass is 145 g/mol. The van der Waals surface area contributed by atoms with Gasteiger partial charge in [-0.15, -0.1) is 0 Å². The molecule has 0 saturated carbocycles. The Bertz CT molecular complexity index is 172. The third-order valence-electron chi connectivity index (χ3n) is 1.33. The number of halogens is 2. The minimum atomic E-state index is -2.35. The van der Waals surface area contributed by atoms with E-state index in [1.165, 1.54) is 12.3 Å². The maximum Gasteiger partial charge on any atom is 0.265 e. The number of hydrogen-bond donors (Lipinski definition) is 0. The molecule has 0 aromatic heterocycles. The molecule has 10 heavy (non-hydrogen) atoms. The van der Waals surface area contributed by atoms with Gasteiger partial charge in [-0.2, -0.15) is 0 Å². The number of alkyl halides is 2. The van der Waals surface area contributed by atoms with E-state index in [0.717, 1.165) is 6.54 Å². The summed E-state index contributed by atoms with van der Waals surface area (Å²) in [6.07, 6.45) is 2.30. The van der Waals surface area contributed by atoms with E-state index in [1.54, 1.807) is 18.0 Å². The van der Waals surface area contributed by atoms with Gasteiger partial charge in [0, 0.05) is 25.4 Å². The molecule has 0 saturated heterocycles. The van der Waals surface area contributed by atoms with Crippen LogP contribution in [-0.4, -0.2) is 24.9 Å². The molecule has 0 amide bonds. The van der Waals surface area contributed by atoms with Gasteiger partial charge in [0.2, 0.25) is 0 Å². The van der Waals surface area contributed by atoms with Crippen LogP contribution in [0.25, 0.3) is 0 Å². The van der Waals surface area contributed by atoms with Crippen molar-refractivity contribution in [3.8, 4) is 0 Å². The van der Waals surface area contributed by atoms with Gasteiger partial charge < -0.3 is 4.90 Å². The molecule has 1 heterocycles. The summed E-state index contributed by atoms with van der Waals surface area (Å²) in [6.45, 7) is 0.718. The van der Waals surface area contributed by atoms with E-state index in [-0.39, 0.29) is 5.57 Å². The Balaban J connectivity index is 2.66. The van der Waals surface area contributed by atoms with Gasteiger partial charge in [-0.25, -0.2) is 8.78 Å². The van der Waals surface area contributed by atoms with E-state index in [2.05, 4.69) is 0 Å². The summed E-state index contributed by atoms with van der Waals surface area (Å²) in [5.41, 5.74) is 0.0914. The highest BCUT2D eigenvalue weighted by molar-refractivity contribution is 5.23. The van der Waals surface area contributed by atoms with E-state index in [4.69, 9.17) is 0 Å². The topological polar surface area (TPSA) is 3.24 Å².